The van der Waals surface area contributed by atoms with E-state index in [0.29, 0.717) is 11.2 Å². The van der Waals surface area contributed by atoms with Gasteiger partial charge in [0.1, 0.15) is 23.4 Å². The van der Waals surface area contributed by atoms with Gasteiger partial charge < -0.3 is 19.5 Å². The summed E-state index contributed by atoms with van der Waals surface area (Å²) in [7, 11) is 1.40. The Labute approximate surface area is 142 Å². The second-order valence-electron chi connectivity index (χ2n) is 5.62. The van der Waals surface area contributed by atoms with Gasteiger partial charge in [-0.15, -0.1) is 0 Å². The highest BCUT2D eigenvalue weighted by Gasteiger charge is 2.22. The van der Waals surface area contributed by atoms with Crippen LogP contribution in [0.4, 0.5) is 5.82 Å². The summed E-state index contributed by atoms with van der Waals surface area (Å²) in [5, 5.41) is 0. The molecular formula is C16H17N5O4. The molecule has 0 fully saturated rings. The normalized spacial score (nSPS) is 12.3. The van der Waals surface area contributed by atoms with Gasteiger partial charge in [0.15, 0.2) is 17.2 Å². The lowest BCUT2D eigenvalue weighted by molar-refractivity contribution is 0.0960. The zero-order valence-corrected chi connectivity index (χ0v) is 14.0. The first-order chi connectivity index (χ1) is 11.9. The van der Waals surface area contributed by atoms with Crippen molar-refractivity contribution in [1.82, 2.24) is 19.5 Å². The van der Waals surface area contributed by atoms with Gasteiger partial charge in [0, 0.05) is 12.5 Å². The van der Waals surface area contributed by atoms with Gasteiger partial charge in [-0.05, 0) is 13.8 Å². The number of nitrogens with zero attached hydrogens (tertiary/aromatic N) is 4. The van der Waals surface area contributed by atoms with E-state index in [1.165, 1.54) is 13.4 Å². The number of fused-ring (bicyclic) bond motifs is 1. The number of ether oxygens (including phenoxy) is 1. The monoisotopic (exact) mass is 343 g/mol. The number of hydrogen-bond acceptors (Lipinski definition) is 8. The van der Waals surface area contributed by atoms with Crippen LogP contribution in [0.15, 0.2) is 27.9 Å². The summed E-state index contributed by atoms with van der Waals surface area (Å²) in [6, 6.07) is 0.911. The summed E-state index contributed by atoms with van der Waals surface area (Å²) in [5.41, 5.74) is 6.51. The number of anilines is 1. The van der Waals surface area contributed by atoms with Crippen molar-refractivity contribution < 1.29 is 13.9 Å². The van der Waals surface area contributed by atoms with Crippen LogP contribution in [0.1, 0.15) is 35.5 Å². The number of hydrogen-bond donors (Lipinski definition) is 1. The second kappa shape index (κ2) is 6.34. The fourth-order valence-corrected chi connectivity index (χ4v) is 2.74. The highest BCUT2D eigenvalue weighted by molar-refractivity contribution is 5.99. The molecular weight excluding hydrogens is 326 g/mol. The summed E-state index contributed by atoms with van der Waals surface area (Å²) in [6.07, 6.45) is 3.06. The van der Waals surface area contributed by atoms with Crippen LogP contribution in [0, 0.1) is 6.92 Å². The number of Topliss-reactive ketones (excluding diaryl/α,β-unsaturated/α-hetero) is 1. The molecule has 3 aromatic rings. The van der Waals surface area contributed by atoms with Crippen molar-refractivity contribution in [3.05, 3.63) is 40.5 Å². The summed E-state index contributed by atoms with van der Waals surface area (Å²) >= 11 is 0. The van der Waals surface area contributed by atoms with E-state index >= 15 is 0 Å². The van der Waals surface area contributed by atoms with Gasteiger partial charge in [-0.3, -0.25) is 4.79 Å². The predicted octanol–water partition coefficient (Wildman–Crippen LogP) is 1.51. The van der Waals surface area contributed by atoms with E-state index in [1.54, 1.807) is 17.8 Å². The molecule has 9 heteroatoms. The van der Waals surface area contributed by atoms with Crippen LogP contribution in [0.5, 0.6) is 5.75 Å². The number of imidazole rings is 1. The standard InChI is InChI=1S/C16H17N5O4/c1-8(21-7-20-14-15(17)18-6-19-16(14)21)4-10(22)13-9(2)25-12(23)5-11(13)24-3/h5-8H,4H2,1-3H3,(H2,17,18,19). The largest absolute Gasteiger partial charge is 0.496 e. The molecule has 0 aliphatic heterocycles. The average molecular weight is 343 g/mol. The fraction of sp³-hybridized carbons (Fsp3) is 0.312. The molecule has 0 saturated heterocycles. The van der Waals surface area contributed by atoms with Crippen LogP contribution in [-0.2, 0) is 0 Å². The zero-order chi connectivity index (χ0) is 18.1. The molecule has 0 spiro atoms. The van der Waals surface area contributed by atoms with Crippen LogP contribution < -0.4 is 16.1 Å². The first-order valence-electron chi connectivity index (χ1n) is 7.57. The summed E-state index contributed by atoms with van der Waals surface area (Å²) in [5.74, 6) is 0.496. The maximum Gasteiger partial charge on any atom is 0.339 e. The van der Waals surface area contributed by atoms with Gasteiger partial charge in [-0.25, -0.2) is 19.7 Å². The van der Waals surface area contributed by atoms with Crippen molar-refractivity contribution in [3.63, 3.8) is 0 Å². The maximum atomic E-state index is 12.7. The van der Waals surface area contributed by atoms with Crippen molar-refractivity contribution in [2.75, 3.05) is 12.8 Å². The Bertz CT molecular complexity index is 1010. The molecule has 2 N–H and O–H groups in total. The number of rotatable bonds is 5. The van der Waals surface area contributed by atoms with Gasteiger partial charge >= 0.3 is 5.63 Å². The zero-order valence-electron chi connectivity index (χ0n) is 14.0. The minimum atomic E-state index is -0.563. The van der Waals surface area contributed by atoms with Gasteiger partial charge in [0.2, 0.25) is 0 Å². The molecule has 130 valence electrons. The molecule has 0 amide bonds. The average Bonchev–Trinajstić information content (AvgIpc) is 2.99. The third-order valence-corrected chi connectivity index (χ3v) is 3.94. The molecule has 3 rings (SSSR count). The van der Waals surface area contributed by atoms with E-state index < -0.39 is 5.63 Å². The van der Waals surface area contributed by atoms with Crippen molar-refractivity contribution in [1.29, 1.82) is 0 Å². The number of nitrogens with two attached hydrogens (primary N) is 1. The lowest BCUT2D eigenvalue weighted by Gasteiger charge is -2.15. The summed E-state index contributed by atoms with van der Waals surface area (Å²) < 4.78 is 11.9. The van der Waals surface area contributed by atoms with E-state index in [0.717, 1.165) is 6.07 Å². The molecule has 3 aromatic heterocycles. The van der Waals surface area contributed by atoms with E-state index in [1.807, 2.05) is 6.92 Å². The van der Waals surface area contributed by atoms with E-state index in [4.69, 9.17) is 14.9 Å². The molecule has 1 unspecified atom stereocenters. The molecule has 0 aromatic carbocycles. The topological polar surface area (TPSA) is 126 Å². The number of methoxy groups -OCH3 is 1. The van der Waals surface area contributed by atoms with Crippen molar-refractivity contribution in [2.45, 2.75) is 26.3 Å². The Morgan fingerprint density at radius 3 is 2.88 bits per heavy atom. The van der Waals surface area contributed by atoms with Gasteiger partial charge in [0.25, 0.3) is 0 Å². The molecule has 25 heavy (non-hydrogen) atoms. The fourth-order valence-electron chi connectivity index (χ4n) is 2.74. The minimum absolute atomic E-state index is 0.139. The van der Waals surface area contributed by atoms with Crippen LogP contribution in [0.25, 0.3) is 11.2 Å². The van der Waals surface area contributed by atoms with Gasteiger partial charge in [0.05, 0.1) is 25.1 Å². The van der Waals surface area contributed by atoms with E-state index in [9.17, 15) is 9.59 Å². The summed E-state index contributed by atoms with van der Waals surface area (Å²) in [4.78, 5) is 36.4. The van der Waals surface area contributed by atoms with Crippen molar-refractivity contribution >= 4 is 22.8 Å². The van der Waals surface area contributed by atoms with Crippen LogP contribution in [-0.4, -0.2) is 32.4 Å². The lowest BCUT2D eigenvalue weighted by Crippen LogP contribution is -2.15. The lowest BCUT2D eigenvalue weighted by atomic mass is 10.0. The van der Waals surface area contributed by atoms with Crippen LogP contribution in [0.3, 0.4) is 0 Å². The second-order valence-corrected chi connectivity index (χ2v) is 5.62. The van der Waals surface area contributed by atoms with Crippen LogP contribution in [0.2, 0.25) is 0 Å². The van der Waals surface area contributed by atoms with Crippen molar-refractivity contribution in [2.24, 2.45) is 0 Å². The summed E-state index contributed by atoms with van der Waals surface area (Å²) in [6.45, 7) is 3.42. The number of carbonyl (C=O) groups excluding carboxylic acids is 1. The molecule has 1 atom stereocenters. The van der Waals surface area contributed by atoms with Crippen molar-refractivity contribution in [3.8, 4) is 5.75 Å². The Morgan fingerprint density at radius 1 is 1.40 bits per heavy atom. The molecule has 0 radical (unpaired) electrons. The smallest absolute Gasteiger partial charge is 0.339 e. The number of carbonyl (C=O) groups is 1. The maximum absolute atomic E-state index is 12.7. The number of ketones is 1. The van der Waals surface area contributed by atoms with E-state index in [2.05, 4.69) is 15.0 Å². The highest BCUT2D eigenvalue weighted by atomic mass is 16.5. The third-order valence-electron chi connectivity index (χ3n) is 3.94. The van der Waals surface area contributed by atoms with Crippen LogP contribution >= 0.6 is 0 Å². The molecule has 0 aliphatic rings. The SMILES string of the molecule is COc1cc(=O)oc(C)c1C(=O)CC(C)n1cnc2c(N)ncnc21. The quantitative estimate of drug-likeness (QED) is 0.691. The Balaban J connectivity index is 1.93. The first kappa shape index (κ1) is 16.6. The molecule has 9 nitrogen and oxygen atoms in total. The number of aromatic nitrogens is 4. The highest BCUT2D eigenvalue weighted by Crippen LogP contribution is 2.26. The van der Waals surface area contributed by atoms with Gasteiger partial charge in [-0.1, -0.05) is 0 Å². The molecule has 0 bridgehead atoms. The third kappa shape index (κ3) is 2.95. The number of nitrogen functional groups attached to an aromatic ring is 1. The Kier molecular flexibility index (Phi) is 4.22. The van der Waals surface area contributed by atoms with E-state index in [-0.39, 0.29) is 41.1 Å². The molecule has 3 heterocycles. The molecule has 0 aliphatic carbocycles. The molecule has 0 saturated carbocycles. The Hall–Kier alpha value is -3.23. The Morgan fingerprint density at radius 2 is 2.16 bits per heavy atom. The minimum Gasteiger partial charge on any atom is -0.496 e. The van der Waals surface area contributed by atoms with Gasteiger partial charge in [-0.2, -0.15) is 0 Å². The predicted molar refractivity (Wildman–Crippen MR) is 89.7 cm³/mol. The first-order valence-corrected chi connectivity index (χ1v) is 7.57. The number of aryl methyl sites for hydroxylation is 1.